The molecule has 0 rings (SSSR count). The Morgan fingerprint density at radius 1 is 1.21 bits per heavy atom. The number of aliphatic carboxylic acids is 1. The lowest BCUT2D eigenvalue weighted by atomic mass is 10.3. The quantitative estimate of drug-likeness (QED) is 0.664. The summed E-state index contributed by atoms with van der Waals surface area (Å²) in [5.74, 6) is -1.28. The molecule has 7 nitrogen and oxygen atoms in total. The molecule has 0 aromatic rings. The van der Waals surface area contributed by atoms with Gasteiger partial charge in [0.2, 0.25) is 5.91 Å². The van der Waals surface area contributed by atoms with Gasteiger partial charge in [0.25, 0.3) is 0 Å². The average Bonchev–Trinajstić information content (AvgIpc) is 2.37. The van der Waals surface area contributed by atoms with Gasteiger partial charge in [-0.1, -0.05) is 0 Å². The molecule has 19 heavy (non-hydrogen) atoms. The van der Waals surface area contributed by atoms with E-state index >= 15 is 0 Å². The van der Waals surface area contributed by atoms with Crippen LogP contribution in [0.3, 0.4) is 0 Å². The van der Waals surface area contributed by atoms with Crippen LogP contribution in [0.1, 0.15) is 19.8 Å². The number of carboxylic acids is 1. The van der Waals surface area contributed by atoms with E-state index in [1.807, 2.05) is 12.1 Å². The topological polar surface area (TPSA) is 108 Å². The number of hydrogen-bond acceptors (Lipinski definition) is 5. The summed E-state index contributed by atoms with van der Waals surface area (Å²) in [5.41, 5.74) is 0. The maximum absolute atomic E-state index is 12.0. The molecule has 0 aromatic heterocycles. The minimum atomic E-state index is -1.00. The summed E-state index contributed by atoms with van der Waals surface area (Å²) in [7, 11) is 1.55. The van der Waals surface area contributed by atoms with Crippen LogP contribution in [0, 0.1) is 22.7 Å². The van der Waals surface area contributed by atoms with E-state index in [4.69, 9.17) is 15.6 Å². The summed E-state index contributed by atoms with van der Waals surface area (Å²) < 4.78 is 0. The number of nitrogens with zero attached hydrogens (tertiary/aromatic N) is 4. The minimum Gasteiger partial charge on any atom is -0.480 e. The van der Waals surface area contributed by atoms with Gasteiger partial charge >= 0.3 is 5.97 Å². The van der Waals surface area contributed by atoms with Gasteiger partial charge in [-0.3, -0.25) is 14.5 Å². The fourth-order valence-electron chi connectivity index (χ4n) is 1.37. The molecular formula is C12H18N4O3. The predicted octanol–water partition coefficient (Wildman–Crippen LogP) is 0.0473. The number of carbonyl (C=O) groups is 2. The van der Waals surface area contributed by atoms with Gasteiger partial charge in [-0.05, 0) is 14.0 Å². The Bertz CT molecular complexity index is 379. The summed E-state index contributed by atoms with van der Waals surface area (Å²) in [4.78, 5) is 25.6. The molecular weight excluding hydrogens is 248 g/mol. The molecule has 0 heterocycles. The van der Waals surface area contributed by atoms with E-state index in [9.17, 15) is 9.59 Å². The van der Waals surface area contributed by atoms with E-state index in [-0.39, 0.29) is 38.4 Å². The summed E-state index contributed by atoms with van der Waals surface area (Å²) in [5, 5.41) is 25.9. The lowest BCUT2D eigenvalue weighted by molar-refractivity contribution is -0.143. The van der Waals surface area contributed by atoms with E-state index in [0.717, 1.165) is 0 Å². The lowest BCUT2D eigenvalue weighted by Gasteiger charge is -2.26. The Balaban J connectivity index is 4.50. The van der Waals surface area contributed by atoms with Crippen molar-refractivity contribution in [3.05, 3.63) is 0 Å². The number of likely N-dealkylation sites (N-methyl/N-ethyl adjacent to an activating group) is 1. The smallest absolute Gasteiger partial charge is 0.320 e. The predicted molar refractivity (Wildman–Crippen MR) is 66.8 cm³/mol. The maximum atomic E-state index is 12.0. The molecule has 1 atom stereocenters. The van der Waals surface area contributed by atoms with Crippen LogP contribution in [0.25, 0.3) is 0 Å². The Morgan fingerprint density at radius 3 is 2.05 bits per heavy atom. The zero-order valence-corrected chi connectivity index (χ0v) is 11.2. The molecule has 0 aliphatic carbocycles. The molecule has 1 amide bonds. The SMILES string of the molecule is CC(C(=O)O)N(C)CC(=O)N(CCC#N)CCC#N. The third-order valence-corrected chi connectivity index (χ3v) is 2.74. The fraction of sp³-hybridized carbons (Fsp3) is 0.667. The average molecular weight is 266 g/mol. The molecule has 0 saturated heterocycles. The Hall–Kier alpha value is -2.12. The van der Waals surface area contributed by atoms with Crippen LogP contribution in [-0.4, -0.2) is 59.5 Å². The zero-order chi connectivity index (χ0) is 14.8. The minimum absolute atomic E-state index is 0.0513. The standard InChI is InChI=1S/C12H18N4O3/c1-10(12(18)19)15(2)9-11(17)16(7-3-5-13)8-4-6-14/h10H,3-4,7-9H2,1-2H3,(H,18,19). The lowest BCUT2D eigenvalue weighted by Crippen LogP contribution is -2.45. The van der Waals surface area contributed by atoms with Crippen molar-refractivity contribution in [3.63, 3.8) is 0 Å². The molecule has 1 unspecified atom stereocenters. The van der Waals surface area contributed by atoms with Crippen molar-refractivity contribution in [2.24, 2.45) is 0 Å². The Morgan fingerprint density at radius 2 is 1.68 bits per heavy atom. The highest BCUT2D eigenvalue weighted by Gasteiger charge is 2.21. The van der Waals surface area contributed by atoms with Gasteiger partial charge in [0, 0.05) is 13.1 Å². The van der Waals surface area contributed by atoms with Crippen LogP contribution in [-0.2, 0) is 9.59 Å². The van der Waals surface area contributed by atoms with E-state index in [0.29, 0.717) is 0 Å². The molecule has 1 N–H and O–H groups in total. The Labute approximate surface area is 112 Å². The highest BCUT2D eigenvalue weighted by molar-refractivity contribution is 5.80. The normalized spacial score (nSPS) is 11.4. The largest absolute Gasteiger partial charge is 0.480 e. The van der Waals surface area contributed by atoms with Crippen molar-refractivity contribution in [1.29, 1.82) is 10.5 Å². The monoisotopic (exact) mass is 266 g/mol. The highest BCUT2D eigenvalue weighted by atomic mass is 16.4. The third-order valence-electron chi connectivity index (χ3n) is 2.74. The van der Waals surface area contributed by atoms with E-state index in [1.165, 1.54) is 16.7 Å². The van der Waals surface area contributed by atoms with Gasteiger partial charge in [0.05, 0.1) is 31.5 Å². The van der Waals surface area contributed by atoms with Crippen molar-refractivity contribution in [3.8, 4) is 12.1 Å². The Kier molecular flexibility index (Phi) is 7.90. The van der Waals surface area contributed by atoms with Crippen LogP contribution >= 0.6 is 0 Å². The van der Waals surface area contributed by atoms with Crippen molar-refractivity contribution in [1.82, 2.24) is 9.80 Å². The first-order chi connectivity index (χ1) is 8.93. The molecule has 0 radical (unpaired) electrons. The fourth-order valence-corrected chi connectivity index (χ4v) is 1.37. The van der Waals surface area contributed by atoms with Crippen molar-refractivity contribution in [2.75, 3.05) is 26.7 Å². The second kappa shape index (κ2) is 8.90. The second-order valence-corrected chi connectivity index (χ2v) is 4.13. The number of amides is 1. The molecule has 0 aliphatic rings. The van der Waals surface area contributed by atoms with Crippen LogP contribution in [0.4, 0.5) is 0 Å². The number of nitriles is 2. The van der Waals surface area contributed by atoms with Crippen molar-refractivity contribution < 1.29 is 14.7 Å². The summed E-state index contributed by atoms with van der Waals surface area (Å²) in [6, 6.07) is 3.11. The number of hydrogen-bond donors (Lipinski definition) is 1. The molecule has 0 saturated carbocycles. The third kappa shape index (κ3) is 6.39. The summed E-state index contributed by atoms with van der Waals surface area (Å²) >= 11 is 0. The van der Waals surface area contributed by atoms with Crippen LogP contribution < -0.4 is 0 Å². The number of carbonyl (C=O) groups excluding carboxylic acids is 1. The van der Waals surface area contributed by atoms with Gasteiger partial charge in [-0.2, -0.15) is 10.5 Å². The van der Waals surface area contributed by atoms with Crippen LogP contribution in [0.15, 0.2) is 0 Å². The molecule has 0 aliphatic heterocycles. The van der Waals surface area contributed by atoms with E-state index in [1.54, 1.807) is 7.05 Å². The van der Waals surface area contributed by atoms with Gasteiger partial charge < -0.3 is 10.0 Å². The molecule has 0 aromatic carbocycles. The first-order valence-electron chi connectivity index (χ1n) is 5.88. The van der Waals surface area contributed by atoms with Crippen LogP contribution in [0.2, 0.25) is 0 Å². The number of carboxylic acid groups (broad SMARTS) is 1. The first kappa shape index (κ1) is 16.9. The van der Waals surface area contributed by atoms with Crippen molar-refractivity contribution in [2.45, 2.75) is 25.8 Å². The van der Waals surface area contributed by atoms with Gasteiger partial charge in [0.1, 0.15) is 6.04 Å². The van der Waals surface area contributed by atoms with E-state index < -0.39 is 12.0 Å². The van der Waals surface area contributed by atoms with Gasteiger partial charge in [0.15, 0.2) is 0 Å². The molecule has 0 bridgehead atoms. The zero-order valence-electron chi connectivity index (χ0n) is 11.2. The van der Waals surface area contributed by atoms with Gasteiger partial charge in [-0.25, -0.2) is 0 Å². The van der Waals surface area contributed by atoms with Crippen LogP contribution in [0.5, 0.6) is 0 Å². The maximum Gasteiger partial charge on any atom is 0.320 e. The van der Waals surface area contributed by atoms with Gasteiger partial charge in [-0.15, -0.1) is 0 Å². The highest BCUT2D eigenvalue weighted by Crippen LogP contribution is 2.00. The molecule has 0 spiro atoms. The molecule has 0 fully saturated rings. The molecule has 104 valence electrons. The molecule has 7 heteroatoms. The first-order valence-corrected chi connectivity index (χ1v) is 5.88. The van der Waals surface area contributed by atoms with E-state index in [2.05, 4.69) is 0 Å². The second-order valence-electron chi connectivity index (χ2n) is 4.13. The summed E-state index contributed by atoms with van der Waals surface area (Å²) in [6.07, 6.45) is 0.380. The van der Waals surface area contributed by atoms with Crippen molar-refractivity contribution >= 4 is 11.9 Å². The summed E-state index contributed by atoms with van der Waals surface area (Å²) in [6.45, 7) is 1.95. The number of rotatable bonds is 8.